The number of likely N-dealkylation sites (tertiary alicyclic amines) is 1. The van der Waals surface area contributed by atoms with Crippen LogP contribution in [0.25, 0.3) is 0 Å². The molecule has 170 valence electrons. The van der Waals surface area contributed by atoms with Gasteiger partial charge in [0.1, 0.15) is 11.5 Å². The van der Waals surface area contributed by atoms with E-state index in [9.17, 15) is 5.11 Å². The fourth-order valence-electron chi connectivity index (χ4n) is 3.55. The predicted molar refractivity (Wildman–Crippen MR) is 120 cm³/mol. The minimum Gasteiger partial charge on any atom is -0.497 e. The Balaban J connectivity index is 1.90. The summed E-state index contributed by atoms with van der Waals surface area (Å²) in [7, 11) is 4.94. The van der Waals surface area contributed by atoms with Crippen molar-refractivity contribution in [3.63, 3.8) is 0 Å². The van der Waals surface area contributed by atoms with Crippen LogP contribution in [0.4, 0.5) is 0 Å². The zero-order valence-electron chi connectivity index (χ0n) is 18.8. The molecular formula is C22H38N4O4. The lowest BCUT2D eigenvalue weighted by Gasteiger charge is -2.33. The third-order valence-electron chi connectivity index (χ3n) is 5.28. The van der Waals surface area contributed by atoms with Crippen molar-refractivity contribution in [3.8, 4) is 11.5 Å². The Labute approximate surface area is 180 Å². The molecule has 1 aliphatic heterocycles. The van der Waals surface area contributed by atoms with E-state index in [-0.39, 0.29) is 6.54 Å². The lowest BCUT2D eigenvalue weighted by atomic mass is 10.1. The van der Waals surface area contributed by atoms with Crippen LogP contribution in [0.3, 0.4) is 0 Å². The number of hydrogen-bond acceptors (Lipinski definition) is 6. The van der Waals surface area contributed by atoms with E-state index in [2.05, 4.69) is 20.5 Å². The number of guanidine groups is 1. The Morgan fingerprint density at radius 2 is 1.83 bits per heavy atom. The van der Waals surface area contributed by atoms with Crippen molar-refractivity contribution >= 4 is 5.96 Å². The summed E-state index contributed by atoms with van der Waals surface area (Å²) in [5.41, 5.74) is 0.718. The van der Waals surface area contributed by atoms with Gasteiger partial charge in [0.05, 0.1) is 26.9 Å². The molecule has 1 fully saturated rings. The lowest BCUT2D eigenvalue weighted by molar-refractivity contribution is 0.155. The summed E-state index contributed by atoms with van der Waals surface area (Å²) in [6.07, 6.45) is 2.48. The summed E-state index contributed by atoms with van der Waals surface area (Å²) < 4.78 is 15.7. The van der Waals surface area contributed by atoms with E-state index in [1.807, 2.05) is 19.1 Å². The molecule has 30 heavy (non-hydrogen) atoms. The van der Waals surface area contributed by atoms with Gasteiger partial charge in [-0.3, -0.25) is 4.99 Å². The molecule has 1 unspecified atom stereocenters. The predicted octanol–water partition coefficient (Wildman–Crippen LogP) is 1.79. The van der Waals surface area contributed by atoms with Gasteiger partial charge in [-0.15, -0.1) is 0 Å². The van der Waals surface area contributed by atoms with Gasteiger partial charge in [-0.05, 0) is 43.9 Å². The van der Waals surface area contributed by atoms with E-state index in [0.717, 1.165) is 63.6 Å². The molecule has 1 heterocycles. The molecule has 0 spiro atoms. The summed E-state index contributed by atoms with van der Waals surface area (Å²) in [6.45, 7) is 7.12. The van der Waals surface area contributed by atoms with Crippen LogP contribution in [0.15, 0.2) is 23.2 Å². The van der Waals surface area contributed by atoms with Crippen molar-refractivity contribution in [1.29, 1.82) is 0 Å². The van der Waals surface area contributed by atoms with Gasteiger partial charge in [-0.25, -0.2) is 0 Å². The second-order valence-corrected chi connectivity index (χ2v) is 7.49. The highest BCUT2D eigenvalue weighted by molar-refractivity contribution is 5.80. The normalized spacial score (nSPS) is 16.9. The van der Waals surface area contributed by atoms with Gasteiger partial charge in [0.25, 0.3) is 0 Å². The van der Waals surface area contributed by atoms with Crippen LogP contribution in [0.1, 0.15) is 37.9 Å². The Hall–Kier alpha value is -2.03. The molecule has 3 N–H and O–H groups in total. The van der Waals surface area contributed by atoms with Crippen LogP contribution in [-0.2, 0) is 4.74 Å². The number of aliphatic imine (C=N–C) groups is 1. The molecule has 0 bridgehead atoms. The topological polar surface area (TPSA) is 87.6 Å². The van der Waals surface area contributed by atoms with Gasteiger partial charge < -0.3 is 34.9 Å². The number of methoxy groups -OCH3 is 3. The van der Waals surface area contributed by atoms with Crippen molar-refractivity contribution in [1.82, 2.24) is 15.5 Å². The van der Waals surface area contributed by atoms with Crippen molar-refractivity contribution < 1.29 is 19.3 Å². The molecule has 1 aromatic rings. The molecule has 1 atom stereocenters. The Morgan fingerprint density at radius 1 is 1.17 bits per heavy atom. The zero-order valence-corrected chi connectivity index (χ0v) is 18.8. The standard InChI is InChI=1S/C22H38N4O4/c1-5-23-22(25-18-7-10-26(11-8-18)9-6-12-28-2)24-16-21(27)17-13-19(29-3)15-20(14-17)30-4/h13-15,18,21,27H,5-12,16H2,1-4H3,(H2,23,24,25). The number of piperidine rings is 1. The van der Waals surface area contributed by atoms with Crippen LogP contribution >= 0.6 is 0 Å². The molecule has 1 aliphatic rings. The van der Waals surface area contributed by atoms with Crippen molar-refractivity contribution in [2.24, 2.45) is 4.99 Å². The summed E-state index contributed by atoms with van der Waals surface area (Å²) in [5.74, 6) is 2.04. The van der Waals surface area contributed by atoms with E-state index in [1.54, 1.807) is 27.4 Å². The number of aliphatic hydroxyl groups excluding tert-OH is 1. The number of rotatable bonds is 11. The Bertz CT molecular complexity index is 626. The lowest BCUT2D eigenvalue weighted by Crippen LogP contribution is -2.49. The van der Waals surface area contributed by atoms with Crippen molar-refractivity contribution in [2.45, 2.75) is 38.3 Å². The zero-order chi connectivity index (χ0) is 21.8. The maximum atomic E-state index is 10.6. The second-order valence-electron chi connectivity index (χ2n) is 7.49. The highest BCUT2D eigenvalue weighted by Gasteiger charge is 2.20. The van der Waals surface area contributed by atoms with Gasteiger partial charge >= 0.3 is 0 Å². The molecule has 8 nitrogen and oxygen atoms in total. The van der Waals surface area contributed by atoms with E-state index >= 15 is 0 Å². The highest BCUT2D eigenvalue weighted by Crippen LogP contribution is 2.26. The van der Waals surface area contributed by atoms with Crippen LogP contribution in [0.2, 0.25) is 0 Å². The van der Waals surface area contributed by atoms with E-state index < -0.39 is 6.10 Å². The first-order valence-corrected chi connectivity index (χ1v) is 10.8. The first-order valence-electron chi connectivity index (χ1n) is 10.8. The molecule has 0 aliphatic carbocycles. The minimum atomic E-state index is -0.743. The third-order valence-corrected chi connectivity index (χ3v) is 5.28. The molecular weight excluding hydrogens is 384 g/mol. The smallest absolute Gasteiger partial charge is 0.191 e. The SMILES string of the molecule is CCNC(=NCC(O)c1cc(OC)cc(OC)c1)NC1CCN(CCCOC)CC1. The Morgan fingerprint density at radius 3 is 2.40 bits per heavy atom. The second kappa shape index (κ2) is 13.3. The van der Waals surface area contributed by atoms with Crippen molar-refractivity contribution in [3.05, 3.63) is 23.8 Å². The maximum Gasteiger partial charge on any atom is 0.191 e. The summed E-state index contributed by atoms with van der Waals surface area (Å²) >= 11 is 0. The maximum absolute atomic E-state index is 10.6. The van der Waals surface area contributed by atoms with Crippen LogP contribution < -0.4 is 20.1 Å². The first-order chi connectivity index (χ1) is 14.6. The number of ether oxygens (including phenoxy) is 3. The van der Waals surface area contributed by atoms with E-state index in [1.165, 1.54) is 0 Å². The van der Waals surface area contributed by atoms with Crippen LogP contribution in [0, 0.1) is 0 Å². The number of aliphatic hydroxyl groups is 1. The van der Waals surface area contributed by atoms with Gasteiger partial charge in [0, 0.05) is 52.0 Å². The van der Waals surface area contributed by atoms with Crippen molar-refractivity contribution in [2.75, 3.05) is 60.7 Å². The van der Waals surface area contributed by atoms with Gasteiger partial charge in [-0.1, -0.05) is 0 Å². The highest BCUT2D eigenvalue weighted by atomic mass is 16.5. The largest absolute Gasteiger partial charge is 0.497 e. The average Bonchev–Trinajstić information content (AvgIpc) is 2.78. The summed E-state index contributed by atoms with van der Waals surface area (Å²) in [5, 5.41) is 17.4. The fraction of sp³-hybridized carbons (Fsp3) is 0.682. The van der Waals surface area contributed by atoms with Crippen LogP contribution in [0.5, 0.6) is 11.5 Å². The molecule has 2 rings (SSSR count). The number of nitrogens with zero attached hydrogens (tertiary/aromatic N) is 2. The van der Waals surface area contributed by atoms with E-state index in [4.69, 9.17) is 14.2 Å². The first kappa shape index (κ1) is 24.2. The number of hydrogen-bond donors (Lipinski definition) is 3. The summed E-state index contributed by atoms with van der Waals surface area (Å²) in [4.78, 5) is 7.09. The molecule has 0 aromatic heterocycles. The van der Waals surface area contributed by atoms with E-state index in [0.29, 0.717) is 17.5 Å². The monoisotopic (exact) mass is 422 g/mol. The van der Waals surface area contributed by atoms with Crippen LogP contribution in [-0.4, -0.2) is 82.7 Å². The Kier molecular flexibility index (Phi) is 10.8. The molecule has 0 saturated carbocycles. The molecule has 1 saturated heterocycles. The van der Waals surface area contributed by atoms with Gasteiger partial charge in [-0.2, -0.15) is 0 Å². The van der Waals surface area contributed by atoms with Gasteiger partial charge in [0.2, 0.25) is 0 Å². The fourth-order valence-corrected chi connectivity index (χ4v) is 3.55. The molecule has 0 radical (unpaired) electrons. The minimum absolute atomic E-state index is 0.252. The quantitative estimate of drug-likeness (QED) is 0.285. The summed E-state index contributed by atoms with van der Waals surface area (Å²) in [6, 6.07) is 5.79. The number of benzene rings is 1. The van der Waals surface area contributed by atoms with Gasteiger partial charge in [0.15, 0.2) is 5.96 Å². The molecule has 0 amide bonds. The third kappa shape index (κ3) is 8.01. The molecule has 1 aromatic carbocycles. The average molecular weight is 423 g/mol. The number of nitrogens with one attached hydrogen (secondary N) is 2. The molecule has 8 heteroatoms.